The molecule has 0 saturated heterocycles. The lowest BCUT2D eigenvalue weighted by molar-refractivity contribution is 0.350. The van der Waals surface area contributed by atoms with Crippen LogP contribution in [0, 0.1) is 11.8 Å². The summed E-state index contributed by atoms with van der Waals surface area (Å²) in [6, 6.07) is 5.42. The predicted molar refractivity (Wildman–Crippen MR) is 109 cm³/mol. The van der Waals surface area contributed by atoms with E-state index < -0.39 is 26.3 Å². The highest BCUT2D eigenvalue weighted by molar-refractivity contribution is 7.89. The zero-order chi connectivity index (χ0) is 20.8. The third-order valence-electron chi connectivity index (χ3n) is 4.26. The number of nitrogens with one attached hydrogen (secondary N) is 1. The van der Waals surface area contributed by atoms with Crippen molar-refractivity contribution in [3.8, 4) is 0 Å². The van der Waals surface area contributed by atoms with E-state index in [0.29, 0.717) is 30.5 Å². The smallest absolute Gasteiger partial charge is 0.225 e. The monoisotopic (exact) mass is 419 g/mol. The van der Waals surface area contributed by atoms with Gasteiger partial charge in [0.15, 0.2) is 0 Å². The highest BCUT2D eigenvalue weighted by Gasteiger charge is 2.25. The maximum Gasteiger partial charge on any atom is 0.279 e. The van der Waals surface area contributed by atoms with E-state index in [9.17, 15) is 16.8 Å². The van der Waals surface area contributed by atoms with E-state index >= 15 is 0 Å². The van der Waals surface area contributed by atoms with Gasteiger partial charge in [-0.05, 0) is 49.3 Å². The second-order valence-corrected chi connectivity index (χ2v) is 11.0. The van der Waals surface area contributed by atoms with Crippen LogP contribution in [0.3, 0.4) is 0 Å². The number of sulfonamides is 1. The molecule has 1 unspecified atom stereocenters. The van der Waals surface area contributed by atoms with E-state index in [-0.39, 0.29) is 4.90 Å². The fourth-order valence-electron chi connectivity index (χ4n) is 2.48. The lowest BCUT2D eigenvalue weighted by Gasteiger charge is -2.26. The molecule has 7 nitrogen and oxygen atoms in total. The quantitative estimate of drug-likeness (QED) is 0.574. The third kappa shape index (κ3) is 8.27. The van der Waals surface area contributed by atoms with Crippen molar-refractivity contribution in [3.05, 3.63) is 29.8 Å². The van der Waals surface area contributed by atoms with Gasteiger partial charge in [0.1, 0.15) is 0 Å². The zero-order valence-corrected chi connectivity index (χ0v) is 18.5. The van der Waals surface area contributed by atoms with E-state index in [1.165, 1.54) is 16.4 Å². The van der Waals surface area contributed by atoms with Crippen LogP contribution in [-0.4, -0.2) is 34.2 Å². The molecule has 9 heteroatoms. The first kappa shape index (κ1) is 24.0. The lowest BCUT2D eigenvalue weighted by Crippen LogP contribution is -2.43. The summed E-state index contributed by atoms with van der Waals surface area (Å²) in [6.07, 6.45) is 1.54. The molecule has 0 aliphatic heterocycles. The molecule has 1 rings (SSSR count). The summed E-state index contributed by atoms with van der Waals surface area (Å²) in [5.74, 6) is 0.788. The number of hydrogen-bond acceptors (Lipinski definition) is 4. The van der Waals surface area contributed by atoms with Crippen molar-refractivity contribution in [1.82, 2.24) is 9.03 Å². The largest absolute Gasteiger partial charge is 0.279 e. The molecule has 0 spiro atoms. The fraction of sp³-hybridized carbons (Fsp3) is 0.667. The Morgan fingerprint density at radius 1 is 0.963 bits per heavy atom. The summed E-state index contributed by atoms with van der Waals surface area (Å²) in [5, 5.41) is 5.16. The van der Waals surface area contributed by atoms with Crippen molar-refractivity contribution < 1.29 is 16.8 Å². The van der Waals surface area contributed by atoms with Crippen molar-refractivity contribution >= 4 is 20.2 Å². The van der Waals surface area contributed by atoms with Crippen LogP contribution in [0.15, 0.2) is 29.2 Å². The first-order valence-corrected chi connectivity index (χ1v) is 12.2. The van der Waals surface area contributed by atoms with Gasteiger partial charge in [-0.1, -0.05) is 39.8 Å². The molecule has 0 heterocycles. The van der Waals surface area contributed by atoms with Gasteiger partial charge in [-0.3, -0.25) is 0 Å². The number of nitrogens with two attached hydrogens (primary N) is 1. The zero-order valence-electron chi connectivity index (χ0n) is 16.8. The Kier molecular flexibility index (Phi) is 8.88. The first-order valence-electron chi connectivity index (χ1n) is 9.23. The average molecular weight is 420 g/mol. The summed E-state index contributed by atoms with van der Waals surface area (Å²) in [4.78, 5) is -0.0393. The van der Waals surface area contributed by atoms with Gasteiger partial charge in [0.2, 0.25) is 10.0 Å². The molecule has 0 aliphatic rings. The number of hydrogen-bond donors (Lipinski definition) is 2. The molecule has 0 fully saturated rings. The molecule has 0 bridgehead atoms. The Bertz CT molecular complexity index is 794. The second-order valence-electron chi connectivity index (χ2n) is 7.73. The van der Waals surface area contributed by atoms with Crippen LogP contribution in [0.5, 0.6) is 0 Å². The Balaban J connectivity index is 2.99. The Labute approximate surface area is 164 Å². The van der Waals surface area contributed by atoms with E-state index in [1.54, 1.807) is 19.1 Å². The van der Waals surface area contributed by atoms with Crippen molar-refractivity contribution in [2.45, 2.75) is 58.4 Å². The summed E-state index contributed by atoms with van der Waals surface area (Å²) >= 11 is 0. The highest BCUT2D eigenvalue weighted by Crippen LogP contribution is 2.19. The molecule has 0 aromatic heterocycles. The summed E-state index contributed by atoms with van der Waals surface area (Å²) in [6.45, 7) is 10.8. The average Bonchev–Trinajstić information content (AvgIpc) is 2.52. The van der Waals surface area contributed by atoms with Gasteiger partial charge in [0, 0.05) is 19.1 Å². The van der Waals surface area contributed by atoms with Gasteiger partial charge in [0.05, 0.1) is 4.90 Å². The van der Waals surface area contributed by atoms with Gasteiger partial charge in [-0.15, -0.1) is 0 Å². The van der Waals surface area contributed by atoms with E-state index in [0.717, 1.165) is 12.8 Å². The Morgan fingerprint density at radius 2 is 1.48 bits per heavy atom. The predicted octanol–water partition coefficient (Wildman–Crippen LogP) is 2.62. The van der Waals surface area contributed by atoms with Crippen molar-refractivity contribution in [3.63, 3.8) is 0 Å². The van der Waals surface area contributed by atoms with Gasteiger partial charge in [0.25, 0.3) is 10.2 Å². The lowest BCUT2D eigenvalue weighted by atomic mass is 10.1. The molecule has 0 saturated carbocycles. The number of benzene rings is 1. The van der Waals surface area contributed by atoms with E-state index in [2.05, 4.69) is 32.4 Å². The van der Waals surface area contributed by atoms with Gasteiger partial charge >= 0.3 is 0 Å². The molecular formula is C18H33N3O4S2. The van der Waals surface area contributed by atoms with Gasteiger partial charge in [-0.25, -0.2) is 13.6 Å². The number of primary sulfonamides is 1. The van der Waals surface area contributed by atoms with Crippen molar-refractivity contribution in [2.75, 3.05) is 13.1 Å². The first-order chi connectivity index (χ1) is 12.3. The third-order valence-corrected chi connectivity index (χ3v) is 6.87. The molecule has 0 radical (unpaired) electrons. The van der Waals surface area contributed by atoms with Crippen LogP contribution in [0.25, 0.3) is 0 Å². The normalized spacial score (nSPS) is 14.3. The number of rotatable bonds is 11. The van der Waals surface area contributed by atoms with Gasteiger partial charge in [-0.2, -0.15) is 17.4 Å². The molecular weight excluding hydrogens is 386 g/mol. The molecule has 0 aliphatic carbocycles. The maximum atomic E-state index is 12.9. The topological polar surface area (TPSA) is 110 Å². The molecule has 3 N–H and O–H groups in total. The van der Waals surface area contributed by atoms with E-state index in [4.69, 9.17) is 5.14 Å². The van der Waals surface area contributed by atoms with Crippen LogP contribution in [-0.2, 0) is 20.2 Å². The second kappa shape index (κ2) is 9.97. The van der Waals surface area contributed by atoms with Crippen LogP contribution < -0.4 is 9.86 Å². The van der Waals surface area contributed by atoms with Crippen LogP contribution >= 0.6 is 0 Å². The SMILES string of the molecule is CC(C)CCN(CCC(C)C)S(=O)(=O)NC(C)c1cccc(S(N)(=O)=O)c1. The van der Waals surface area contributed by atoms with E-state index in [1.807, 2.05) is 0 Å². The summed E-state index contributed by atoms with van der Waals surface area (Å²) in [7, 11) is -7.55. The fourth-order valence-corrected chi connectivity index (χ4v) is 4.48. The minimum Gasteiger partial charge on any atom is -0.225 e. The minimum absolute atomic E-state index is 0.0393. The standard InChI is InChI=1S/C18H33N3O4S2/c1-14(2)9-11-21(12-10-15(3)4)27(24,25)20-16(5)17-7-6-8-18(13-17)26(19,22)23/h6-8,13-16,20H,9-12H2,1-5H3,(H2,19,22,23). The number of nitrogens with zero attached hydrogens (tertiary/aromatic N) is 1. The molecule has 156 valence electrons. The Morgan fingerprint density at radius 3 is 1.93 bits per heavy atom. The van der Waals surface area contributed by atoms with Crippen LogP contribution in [0.1, 0.15) is 59.1 Å². The Hall–Kier alpha value is -1.00. The summed E-state index contributed by atoms with van der Waals surface area (Å²) in [5.41, 5.74) is 0.540. The molecule has 1 aromatic rings. The molecule has 1 atom stereocenters. The van der Waals surface area contributed by atoms with Crippen molar-refractivity contribution in [1.29, 1.82) is 0 Å². The molecule has 27 heavy (non-hydrogen) atoms. The molecule has 1 aromatic carbocycles. The van der Waals surface area contributed by atoms with Crippen LogP contribution in [0.2, 0.25) is 0 Å². The van der Waals surface area contributed by atoms with Gasteiger partial charge < -0.3 is 0 Å². The van der Waals surface area contributed by atoms with Crippen molar-refractivity contribution in [2.24, 2.45) is 17.0 Å². The summed E-state index contributed by atoms with van der Waals surface area (Å²) < 4.78 is 53.0. The maximum absolute atomic E-state index is 12.9. The minimum atomic E-state index is -3.84. The highest BCUT2D eigenvalue weighted by atomic mass is 32.2. The van der Waals surface area contributed by atoms with Crippen LogP contribution in [0.4, 0.5) is 0 Å². The molecule has 0 amide bonds.